The Kier molecular flexibility index (Phi) is 3.84. The average molecular weight is 297 g/mol. The third kappa shape index (κ3) is 2.69. The number of carbonyl (C=O) groups excluding carboxylic acids is 1. The van der Waals surface area contributed by atoms with Crippen LogP contribution in [0.2, 0.25) is 0 Å². The SMILES string of the molecule is CN(C)C1CCN(C(=O)c2ccccc2Br)C1. The lowest BCUT2D eigenvalue weighted by molar-refractivity contribution is 0.0782. The summed E-state index contributed by atoms with van der Waals surface area (Å²) in [5.74, 6) is 0.127. The molecule has 1 fully saturated rings. The van der Waals surface area contributed by atoms with E-state index in [1.807, 2.05) is 29.2 Å². The molecular formula is C13H17BrN2O. The molecule has 2 rings (SSSR count). The zero-order chi connectivity index (χ0) is 12.4. The first-order chi connectivity index (χ1) is 8.09. The van der Waals surface area contributed by atoms with E-state index < -0.39 is 0 Å². The molecule has 0 spiro atoms. The lowest BCUT2D eigenvalue weighted by Gasteiger charge is -2.20. The van der Waals surface area contributed by atoms with Crippen LogP contribution in [0.15, 0.2) is 28.7 Å². The fraction of sp³-hybridized carbons (Fsp3) is 0.462. The number of nitrogens with zero attached hydrogens (tertiary/aromatic N) is 2. The number of likely N-dealkylation sites (N-methyl/N-ethyl adjacent to an activating group) is 1. The topological polar surface area (TPSA) is 23.6 Å². The molecule has 1 aromatic rings. The maximum Gasteiger partial charge on any atom is 0.255 e. The lowest BCUT2D eigenvalue weighted by atomic mass is 10.2. The van der Waals surface area contributed by atoms with Crippen LogP contribution in [-0.2, 0) is 0 Å². The van der Waals surface area contributed by atoms with E-state index in [1.165, 1.54) is 0 Å². The van der Waals surface area contributed by atoms with Crippen LogP contribution in [0.1, 0.15) is 16.8 Å². The van der Waals surface area contributed by atoms with Crippen molar-refractivity contribution in [1.82, 2.24) is 9.80 Å². The lowest BCUT2D eigenvalue weighted by Crippen LogP contribution is -2.34. The van der Waals surface area contributed by atoms with Crippen LogP contribution >= 0.6 is 15.9 Å². The highest BCUT2D eigenvalue weighted by Gasteiger charge is 2.28. The summed E-state index contributed by atoms with van der Waals surface area (Å²) in [5.41, 5.74) is 0.756. The van der Waals surface area contributed by atoms with Gasteiger partial charge in [-0.25, -0.2) is 0 Å². The molecule has 92 valence electrons. The Hall–Kier alpha value is -0.870. The molecule has 4 heteroatoms. The third-order valence-electron chi connectivity index (χ3n) is 3.29. The molecule has 1 atom stereocenters. The highest BCUT2D eigenvalue weighted by molar-refractivity contribution is 9.10. The summed E-state index contributed by atoms with van der Waals surface area (Å²) in [4.78, 5) is 16.4. The van der Waals surface area contributed by atoms with E-state index in [-0.39, 0.29) is 5.91 Å². The van der Waals surface area contributed by atoms with Crippen molar-refractivity contribution < 1.29 is 4.79 Å². The minimum absolute atomic E-state index is 0.127. The molecule has 0 aromatic heterocycles. The molecule has 17 heavy (non-hydrogen) atoms. The van der Waals surface area contributed by atoms with Gasteiger partial charge >= 0.3 is 0 Å². The zero-order valence-corrected chi connectivity index (χ0v) is 11.8. The number of benzene rings is 1. The minimum Gasteiger partial charge on any atom is -0.337 e. The van der Waals surface area contributed by atoms with Crippen LogP contribution in [0.25, 0.3) is 0 Å². The van der Waals surface area contributed by atoms with E-state index in [9.17, 15) is 4.79 Å². The van der Waals surface area contributed by atoms with Crippen LogP contribution in [-0.4, -0.2) is 48.9 Å². The largest absolute Gasteiger partial charge is 0.337 e. The van der Waals surface area contributed by atoms with Crippen LogP contribution in [0.4, 0.5) is 0 Å². The number of amides is 1. The summed E-state index contributed by atoms with van der Waals surface area (Å²) in [7, 11) is 4.13. The fourth-order valence-electron chi connectivity index (χ4n) is 2.15. The highest BCUT2D eigenvalue weighted by Crippen LogP contribution is 2.21. The summed E-state index contributed by atoms with van der Waals surface area (Å²) in [6.45, 7) is 1.68. The highest BCUT2D eigenvalue weighted by atomic mass is 79.9. The van der Waals surface area contributed by atoms with Crippen LogP contribution in [0, 0.1) is 0 Å². The molecular weight excluding hydrogens is 280 g/mol. The summed E-state index contributed by atoms with van der Waals surface area (Å²) < 4.78 is 0.873. The number of hydrogen-bond acceptors (Lipinski definition) is 2. The van der Waals surface area contributed by atoms with Gasteiger partial charge in [-0.3, -0.25) is 4.79 Å². The Morgan fingerprint density at radius 2 is 2.12 bits per heavy atom. The van der Waals surface area contributed by atoms with Crippen molar-refractivity contribution in [3.8, 4) is 0 Å². The van der Waals surface area contributed by atoms with Gasteiger partial charge in [-0.15, -0.1) is 0 Å². The van der Waals surface area contributed by atoms with Crippen molar-refractivity contribution in [2.75, 3.05) is 27.2 Å². The molecule has 0 bridgehead atoms. The first-order valence-electron chi connectivity index (χ1n) is 5.80. The van der Waals surface area contributed by atoms with E-state index in [1.54, 1.807) is 0 Å². The van der Waals surface area contributed by atoms with Gasteiger partial charge in [0.1, 0.15) is 0 Å². The van der Waals surface area contributed by atoms with Gasteiger partial charge in [-0.05, 0) is 48.6 Å². The molecule has 0 aliphatic carbocycles. The van der Waals surface area contributed by atoms with Crippen LogP contribution in [0.5, 0.6) is 0 Å². The summed E-state index contributed by atoms with van der Waals surface area (Å²) >= 11 is 3.43. The molecule has 1 aliphatic heterocycles. The molecule has 0 radical (unpaired) electrons. The fourth-order valence-corrected chi connectivity index (χ4v) is 2.61. The van der Waals surface area contributed by atoms with Crippen molar-refractivity contribution in [2.45, 2.75) is 12.5 Å². The van der Waals surface area contributed by atoms with Crippen LogP contribution < -0.4 is 0 Å². The smallest absolute Gasteiger partial charge is 0.255 e. The Morgan fingerprint density at radius 3 is 2.71 bits per heavy atom. The molecule has 1 saturated heterocycles. The number of halogens is 1. The first-order valence-corrected chi connectivity index (χ1v) is 6.59. The third-order valence-corrected chi connectivity index (χ3v) is 3.98. The predicted molar refractivity (Wildman–Crippen MR) is 72.1 cm³/mol. The van der Waals surface area contributed by atoms with E-state index >= 15 is 0 Å². The summed E-state index contributed by atoms with van der Waals surface area (Å²) in [5, 5.41) is 0. The number of carbonyl (C=O) groups is 1. The molecule has 0 saturated carbocycles. The van der Waals surface area contributed by atoms with Crippen molar-refractivity contribution in [1.29, 1.82) is 0 Å². The molecule has 1 aliphatic rings. The van der Waals surface area contributed by atoms with Gasteiger partial charge in [-0.1, -0.05) is 12.1 Å². The minimum atomic E-state index is 0.127. The molecule has 0 N–H and O–H groups in total. The quantitative estimate of drug-likeness (QED) is 0.836. The Bertz CT molecular complexity index is 420. The number of rotatable bonds is 2. The summed E-state index contributed by atoms with van der Waals surface area (Å²) in [6, 6.07) is 8.09. The molecule has 1 unspecified atom stereocenters. The Morgan fingerprint density at radius 1 is 1.41 bits per heavy atom. The van der Waals surface area contributed by atoms with Crippen molar-refractivity contribution in [2.24, 2.45) is 0 Å². The van der Waals surface area contributed by atoms with Crippen molar-refractivity contribution in [3.63, 3.8) is 0 Å². The second kappa shape index (κ2) is 5.19. The maximum atomic E-state index is 12.3. The Balaban J connectivity index is 2.10. The average Bonchev–Trinajstić information content (AvgIpc) is 2.78. The molecule has 1 heterocycles. The van der Waals surface area contributed by atoms with E-state index in [4.69, 9.17) is 0 Å². The van der Waals surface area contributed by atoms with Gasteiger partial charge in [0.15, 0.2) is 0 Å². The van der Waals surface area contributed by atoms with Gasteiger partial charge in [0.2, 0.25) is 0 Å². The van der Waals surface area contributed by atoms with Gasteiger partial charge in [0, 0.05) is 23.6 Å². The maximum absolute atomic E-state index is 12.3. The second-order valence-electron chi connectivity index (χ2n) is 4.64. The van der Waals surface area contributed by atoms with Gasteiger partial charge < -0.3 is 9.80 Å². The van der Waals surface area contributed by atoms with Crippen molar-refractivity contribution in [3.05, 3.63) is 34.3 Å². The second-order valence-corrected chi connectivity index (χ2v) is 5.49. The van der Waals surface area contributed by atoms with Gasteiger partial charge in [-0.2, -0.15) is 0 Å². The monoisotopic (exact) mass is 296 g/mol. The standard InChI is InChI=1S/C13H17BrN2O/c1-15(2)10-7-8-16(9-10)13(17)11-5-3-4-6-12(11)14/h3-6,10H,7-9H2,1-2H3. The van der Waals surface area contributed by atoms with E-state index in [2.05, 4.69) is 34.9 Å². The normalized spacial score (nSPS) is 20.0. The molecule has 1 aromatic carbocycles. The number of hydrogen-bond donors (Lipinski definition) is 0. The van der Waals surface area contributed by atoms with Gasteiger partial charge in [0.05, 0.1) is 5.56 Å². The number of likely N-dealkylation sites (tertiary alicyclic amines) is 1. The first kappa shape index (κ1) is 12.6. The van der Waals surface area contributed by atoms with Gasteiger partial charge in [0.25, 0.3) is 5.91 Å². The van der Waals surface area contributed by atoms with Crippen molar-refractivity contribution >= 4 is 21.8 Å². The predicted octanol–water partition coefficient (Wildman–Crippen LogP) is 2.23. The molecule has 1 amide bonds. The Labute approximate surface area is 111 Å². The van der Waals surface area contributed by atoms with Crippen LogP contribution in [0.3, 0.4) is 0 Å². The zero-order valence-electron chi connectivity index (χ0n) is 10.2. The summed E-state index contributed by atoms with van der Waals surface area (Å²) in [6.07, 6.45) is 1.06. The van der Waals surface area contributed by atoms with E-state index in [0.717, 1.165) is 29.5 Å². The van der Waals surface area contributed by atoms with E-state index in [0.29, 0.717) is 6.04 Å². The molecule has 3 nitrogen and oxygen atoms in total.